The van der Waals surface area contributed by atoms with Crippen molar-refractivity contribution in [3.8, 4) is 6.07 Å². The number of nitrogens with zero attached hydrogens (tertiary/aromatic N) is 4. The highest BCUT2D eigenvalue weighted by Gasteiger charge is 2.13. The molecule has 0 aliphatic heterocycles. The number of nitrogen functional groups attached to an aromatic ring is 1. The normalized spacial score (nSPS) is 10.7. The fraction of sp³-hybridized carbons (Fsp3) is 0.0909. The van der Waals surface area contributed by atoms with E-state index in [4.69, 9.17) is 11.0 Å². The van der Waals surface area contributed by atoms with Crippen molar-refractivity contribution in [1.29, 1.82) is 5.26 Å². The maximum atomic E-state index is 12.1. The molecule has 2 heterocycles. The Kier molecular flexibility index (Phi) is 3.99. The van der Waals surface area contributed by atoms with Gasteiger partial charge in [0.1, 0.15) is 11.1 Å². The van der Waals surface area contributed by atoms with E-state index in [1.807, 2.05) is 23.6 Å². The summed E-state index contributed by atoms with van der Waals surface area (Å²) in [5, 5.41) is 15.2. The maximum Gasteiger partial charge on any atom is 0.294 e. The molecule has 0 amide bonds. The zero-order valence-electron chi connectivity index (χ0n) is 9.90. The Balaban J connectivity index is 2.53. The summed E-state index contributed by atoms with van der Waals surface area (Å²) < 4.78 is 0.929. The van der Waals surface area contributed by atoms with Gasteiger partial charge >= 0.3 is 0 Å². The smallest absolute Gasteiger partial charge is 0.294 e. The van der Waals surface area contributed by atoms with Crippen LogP contribution in [-0.4, -0.2) is 22.1 Å². The average Bonchev–Trinajstić information content (AvgIpc) is 2.91. The third-order valence-corrected chi connectivity index (χ3v) is 3.69. The van der Waals surface area contributed by atoms with E-state index < -0.39 is 5.56 Å². The summed E-state index contributed by atoms with van der Waals surface area (Å²) in [6.45, 7) is 0. The first-order valence-electron chi connectivity index (χ1n) is 5.12. The predicted octanol–water partition coefficient (Wildman–Crippen LogP) is 1.36. The summed E-state index contributed by atoms with van der Waals surface area (Å²) in [6.07, 6.45) is 3.23. The van der Waals surface area contributed by atoms with E-state index in [0.29, 0.717) is 5.03 Å². The minimum atomic E-state index is -0.563. The minimum Gasteiger partial charge on any atom is -0.368 e. The number of nitriles is 1. The van der Waals surface area contributed by atoms with Crippen LogP contribution < -0.4 is 11.3 Å². The van der Waals surface area contributed by atoms with E-state index in [9.17, 15) is 4.79 Å². The first-order valence-corrected chi connectivity index (χ1v) is 7.22. The molecular weight excluding hydrogens is 282 g/mol. The van der Waals surface area contributed by atoms with Crippen molar-refractivity contribution in [2.24, 2.45) is 5.10 Å². The zero-order chi connectivity index (χ0) is 13.8. The van der Waals surface area contributed by atoms with Crippen LogP contribution in [-0.2, 0) is 0 Å². The van der Waals surface area contributed by atoms with Crippen LogP contribution in [0.2, 0.25) is 0 Å². The molecular formula is C11H9N5OS2. The topological polar surface area (TPSA) is 97.1 Å². The minimum absolute atomic E-state index is 0.0406. The fourth-order valence-electron chi connectivity index (χ4n) is 1.34. The van der Waals surface area contributed by atoms with Crippen LogP contribution >= 0.6 is 23.1 Å². The second kappa shape index (κ2) is 5.69. The quantitative estimate of drug-likeness (QED) is 0.523. The Hall–Kier alpha value is -2.11. The van der Waals surface area contributed by atoms with E-state index in [1.54, 1.807) is 6.26 Å². The summed E-state index contributed by atoms with van der Waals surface area (Å²) in [7, 11) is 0. The molecule has 0 aromatic carbocycles. The number of thiophene rings is 1. The van der Waals surface area contributed by atoms with E-state index in [1.165, 1.54) is 29.3 Å². The molecule has 6 nitrogen and oxygen atoms in total. The van der Waals surface area contributed by atoms with Crippen molar-refractivity contribution in [2.75, 3.05) is 12.0 Å². The van der Waals surface area contributed by atoms with Crippen LogP contribution in [0.3, 0.4) is 0 Å². The van der Waals surface area contributed by atoms with Gasteiger partial charge in [-0.2, -0.15) is 15.0 Å². The Labute approximate surface area is 117 Å². The maximum absolute atomic E-state index is 12.1. The van der Waals surface area contributed by atoms with E-state index in [2.05, 4.69) is 10.1 Å². The third-order valence-electron chi connectivity index (χ3n) is 2.20. The lowest BCUT2D eigenvalue weighted by Gasteiger charge is -2.05. The lowest BCUT2D eigenvalue weighted by molar-refractivity contribution is 0.790. The Morgan fingerprint density at radius 2 is 2.47 bits per heavy atom. The van der Waals surface area contributed by atoms with Crippen molar-refractivity contribution in [3.63, 3.8) is 0 Å². The summed E-state index contributed by atoms with van der Waals surface area (Å²) in [5.74, 6) is -0.0406. The molecule has 8 heteroatoms. The van der Waals surface area contributed by atoms with Crippen LogP contribution in [0.4, 0.5) is 5.95 Å². The molecule has 0 saturated carbocycles. The van der Waals surface area contributed by atoms with E-state index in [-0.39, 0.29) is 11.5 Å². The molecule has 19 heavy (non-hydrogen) atoms. The second-order valence-corrected chi connectivity index (χ2v) is 5.12. The number of nitrogens with two attached hydrogens (primary N) is 1. The van der Waals surface area contributed by atoms with Crippen molar-refractivity contribution in [2.45, 2.75) is 5.03 Å². The lowest BCUT2D eigenvalue weighted by atomic mass is 10.4. The van der Waals surface area contributed by atoms with Gasteiger partial charge in [0.2, 0.25) is 5.95 Å². The Morgan fingerprint density at radius 1 is 1.68 bits per heavy atom. The summed E-state index contributed by atoms with van der Waals surface area (Å²) in [4.78, 5) is 16.9. The van der Waals surface area contributed by atoms with Crippen molar-refractivity contribution in [3.05, 3.63) is 38.3 Å². The Bertz CT molecular complexity index is 712. The molecule has 0 saturated heterocycles. The van der Waals surface area contributed by atoms with Gasteiger partial charge < -0.3 is 5.73 Å². The molecule has 2 aromatic rings. The molecule has 0 bridgehead atoms. The van der Waals surface area contributed by atoms with Gasteiger partial charge in [0.15, 0.2) is 5.56 Å². The lowest BCUT2D eigenvalue weighted by Crippen LogP contribution is -2.24. The molecule has 0 unspecified atom stereocenters. The third kappa shape index (κ3) is 2.67. The molecule has 0 radical (unpaired) electrons. The largest absolute Gasteiger partial charge is 0.368 e. The van der Waals surface area contributed by atoms with Gasteiger partial charge in [-0.15, -0.1) is 23.1 Å². The molecule has 0 atom stereocenters. The second-order valence-electron chi connectivity index (χ2n) is 3.34. The molecule has 0 spiro atoms. The van der Waals surface area contributed by atoms with Crippen LogP contribution in [0.5, 0.6) is 0 Å². The van der Waals surface area contributed by atoms with Gasteiger partial charge in [0, 0.05) is 4.88 Å². The highest BCUT2D eigenvalue weighted by atomic mass is 32.2. The molecule has 2 N–H and O–H groups in total. The summed E-state index contributed by atoms with van der Waals surface area (Å²) in [6, 6.07) is 5.55. The van der Waals surface area contributed by atoms with Crippen molar-refractivity contribution in [1.82, 2.24) is 9.66 Å². The highest BCUT2D eigenvalue weighted by molar-refractivity contribution is 7.98. The summed E-state index contributed by atoms with van der Waals surface area (Å²) >= 11 is 2.67. The molecule has 96 valence electrons. The van der Waals surface area contributed by atoms with Gasteiger partial charge in [-0.3, -0.25) is 4.79 Å². The van der Waals surface area contributed by atoms with E-state index in [0.717, 1.165) is 9.55 Å². The van der Waals surface area contributed by atoms with Gasteiger partial charge in [0.25, 0.3) is 5.56 Å². The molecule has 0 aliphatic rings. The summed E-state index contributed by atoms with van der Waals surface area (Å²) in [5.41, 5.74) is 5.07. The zero-order valence-corrected chi connectivity index (χ0v) is 11.5. The van der Waals surface area contributed by atoms with Crippen LogP contribution in [0.1, 0.15) is 10.4 Å². The molecule has 2 rings (SSSR count). The SMILES string of the molecule is CSc1nc(N)n(/N=C/c2cccs2)c(=O)c1C#N. The molecule has 0 fully saturated rings. The number of rotatable bonds is 3. The first kappa shape index (κ1) is 13.3. The standard InChI is InChI=1S/C11H9N5OS2/c1-18-9-8(5-12)10(17)16(11(13)15-9)14-6-7-3-2-4-19-7/h2-4,6H,1H3,(H2,13,15)/b14-6+. The Morgan fingerprint density at radius 3 is 3.05 bits per heavy atom. The number of thioether (sulfide) groups is 1. The average molecular weight is 291 g/mol. The predicted molar refractivity (Wildman–Crippen MR) is 76.7 cm³/mol. The van der Waals surface area contributed by atoms with Gasteiger partial charge in [-0.05, 0) is 17.7 Å². The van der Waals surface area contributed by atoms with E-state index >= 15 is 0 Å². The number of hydrogen-bond acceptors (Lipinski definition) is 7. The van der Waals surface area contributed by atoms with Crippen LogP contribution in [0.25, 0.3) is 0 Å². The van der Waals surface area contributed by atoms with Crippen LogP contribution in [0, 0.1) is 11.3 Å². The monoisotopic (exact) mass is 291 g/mol. The van der Waals surface area contributed by atoms with Gasteiger partial charge in [-0.25, -0.2) is 4.98 Å². The number of aromatic nitrogens is 2. The highest BCUT2D eigenvalue weighted by Crippen LogP contribution is 2.15. The van der Waals surface area contributed by atoms with Crippen LogP contribution in [0.15, 0.2) is 32.4 Å². The molecule has 2 aromatic heterocycles. The number of hydrogen-bond donors (Lipinski definition) is 1. The van der Waals surface area contributed by atoms with Crippen molar-refractivity contribution >= 4 is 35.3 Å². The number of anilines is 1. The first-order chi connectivity index (χ1) is 9.17. The van der Waals surface area contributed by atoms with Gasteiger partial charge in [-0.1, -0.05) is 6.07 Å². The molecule has 0 aliphatic carbocycles. The van der Waals surface area contributed by atoms with Crippen molar-refractivity contribution < 1.29 is 0 Å². The fourth-order valence-corrected chi connectivity index (χ4v) is 2.44. The van der Waals surface area contributed by atoms with Gasteiger partial charge in [0.05, 0.1) is 6.21 Å².